The van der Waals surface area contributed by atoms with Gasteiger partial charge in [-0.2, -0.15) is 0 Å². The molecule has 1 atom stereocenters. The van der Waals surface area contributed by atoms with Crippen LogP contribution >= 0.6 is 11.6 Å². The van der Waals surface area contributed by atoms with Crippen molar-refractivity contribution in [2.75, 3.05) is 36.9 Å². The average Bonchev–Trinajstić information content (AvgIpc) is 2.89. The van der Waals surface area contributed by atoms with Crippen LogP contribution in [0.15, 0.2) is 42.5 Å². The largest absolute Gasteiger partial charge is 0.486 e. The van der Waals surface area contributed by atoms with Crippen molar-refractivity contribution >= 4 is 39.1 Å². The molecule has 2 amide bonds. The summed E-state index contributed by atoms with van der Waals surface area (Å²) in [5.41, 5.74) is 1.27. The number of fused-ring (bicyclic) bond motifs is 1. The maximum Gasteiger partial charge on any atom is 0.242 e. The van der Waals surface area contributed by atoms with Crippen LogP contribution in [0.1, 0.15) is 45.1 Å². The molecule has 3 rings (SSSR count). The van der Waals surface area contributed by atoms with Gasteiger partial charge in [-0.05, 0) is 49.6 Å². The second-order valence-corrected chi connectivity index (χ2v) is 11.6. The number of nitrogens with zero attached hydrogens (tertiary/aromatic N) is 2. The first-order valence-electron chi connectivity index (χ1n) is 12.8. The van der Waals surface area contributed by atoms with E-state index in [1.54, 1.807) is 37.3 Å². The number of anilines is 1. The molecular formula is C27H36ClN3O6S. The molecular weight excluding hydrogens is 530 g/mol. The van der Waals surface area contributed by atoms with Crippen molar-refractivity contribution in [2.45, 2.75) is 52.1 Å². The Hall–Kier alpha value is -2.98. The summed E-state index contributed by atoms with van der Waals surface area (Å²) in [6, 6.07) is 11.4. The van der Waals surface area contributed by atoms with Gasteiger partial charge in [0.1, 0.15) is 19.3 Å². The molecule has 1 heterocycles. The Morgan fingerprint density at radius 3 is 2.39 bits per heavy atom. The van der Waals surface area contributed by atoms with Gasteiger partial charge >= 0.3 is 0 Å². The van der Waals surface area contributed by atoms with E-state index in [1.165, 1.54) is 9.21 Å². The summed E-state index contributed by atoms with van der Waals surface area (Å²) < 4.78 is 37.6. The molecule has 0 aliphatic carbocycles. The van der Waals surface area contributed by atoms with Gasteiger partial charge in [-0.15, -0.1) is 0 Å². The Morgan fingerprint density at radius 1 is 1.05 bits per heavy atom. The minimum atomic E-state index is -3.62. The maximum absolute atomic E-state index is 13.4. The van der Waals surface area contributed by atoms with Gasteiger partial charge < -0.3 is 19.7 Å². The second kappa shape index (κ2) is 13.7. The van der Waals surface area contributed by atoms with Crippen molar-refractivity contribution in [3.8, 4) is 11.5 Å². The number of hydrogen-bond donors (Lipinski definition) is 1. The fourth-order valence-corrected chi connectivity index (χ4v) is 5.18. The third kappa shape index (κ3) is 8.26. The third-order valence-corrected chi connectivity index (χ3v) is 7.67. The van der Waals surface area contributed by atoms with Crippen molar-refractivity contribution < 1.29 is 27.5 Å². The Balaban J connectivity index is 1.71. The molecule has 0 radical (unpaired) electrons. The summed E-state index contributed by atoms with van der Waals surface area (Å²) in [6.45, 7) is 5.43. The Bertz CT molecular complexity index is 1210. The monoisotopic (exact) mass is 565 g/mol. The third-order valence-electron chi connectivity index (χ3n) is 6.23. The molecule has 0 fully saturated rings. The summed E-state index contributed by atoms with van der Waals surface area (Å²) in [4.78, 5) is 27.7. The van der Waals surface area contributed by atoms with Gasteiger partial charge in [-0.3, -0.25) is 13.9 Å². The molecule has 0 spiro atoms. The molecule has 1 N–H and O–H groups in total. The van der Waals surface area contributed by atoms with Crippen LogP contribution in [0.4, 0.5) is 5.69 Å². The average molecular weight is 566 g/mol. The number of unbranched alkanes of at least 4 members (excludes halogenated alkanes) is 1. The molecule has 1 aliphatic rings. The topological polar surface area (TPSA) is 105 Å². The van der Waals surface area contributed by atoms with E-state index in [0.717, 1.165) is 24.7 Å². The lowest BCUT2D eigenvalue weighted by Crippen LogP contribution is -2.47. The van der Waals surface area contributed by atoms with Gasteiger partial charge in [-0.25, -0.2) is 8.42 Å². The number of hydrogen-bond acceptors (Lipinski definition) is 6. The summed E-state index contributed by atoms with van der Waals surface area (Å²) >= 11 is 6.01. The van der Waals surface area contributed by atoms with Crippen LogP contribution in [-0.2, 0) is 26.2 Å². The quantitative estimate of drug-likeness (QED) is 0.368. The van der Waals surface area contributed by atoms with Crippen molar-refractivity contribution in [3.63, 3.8) is 0 Å². The predicted molar refractivity (Wildman–Crippen MR) is 148 cm³/mol. The van der Waals surface area contributed by atoms with Gasteiger partial charge in [0.25, 0.3) is 0 Å². The summed E-state index contributed by atoms with van der Waals surface area (Å²) in [6.07, 6.45) is 3.26. The minimum absolute atomic E-state index is 0.0662. The first-order valence-corrected chi connectivity index (χ1v) is 15.0. The number of ether oxygens (including phenoxy) is 2. The molecule has 2 aromatic rings. The van der Waals surface area contributed by atoms with Crippen molar-refractivity contribution in [1.82, 2.24) is 10.2 Å². The van der Waals surface area contributed by atoms with E-state index in [-0.39, 0.29) is 37.7 Å². The van der Waals surface area contributed by atoms with E-state index in [9.17, 15) is 18.0 Å². The van der Waals surface area contributed by atoms with Crippen LogP contribution in [0.3, 0.4) is 0 Å². The molecule has 1 aliphatic heterocycles. The van der Waals surface area contributed by atoms with Gasteiger partial charge in [0.15, 0.2) is 11.5 Å². The van der Waals surface area contributed by atoms with Crippen molar-refractivity contribution in [3.05, 3.63) is 53.1 Å². The normalized spacial score (nSPS) is 13.5. The fraction of sp³-hybridized carbons (Fsp3) is 0.481. The number of benzene rings is 2. The second-order valence-electron chi connectivity index (χ2n) is 9.24. The van der Waals surface area contributed by atoms with Crippen LogP contribution in [0.25, 0.3) is 0 Å². The minimum Gasteiger partial charge on any atom is -0.486 e. The lowest BCUT2D eigenvalue weighted by Gasteiger charge is -2.29. The van der Waals surface area contributed by atoms with Crippen LogP contribution in [-0.4, -0.2) is 63.7 Å². The van der Waals surface area contributed by atoms with Crippen molar-refractivity contribution in [2.24, 2.45) is 0 Å². The van der Waals surface area contributed by atoms with Gasteiger partial charge in [0, 0.05) is 37.1 Å². The fourth-order valence-electron chi connectivity index (χ4n) is 4.10. The van der Waals surface area contributed by atoms with E-state index in [1.807, 2.05) is 19.1 Å². The number of carbonyl (C=O) groups is 2. The van der Waals surface area contributed by atoms with E-state index in [2.05, 4.69) is 5.32 Å². The van der Waals surface area contributed by atoms with Gasteiger partial charge in [-0.1, -0.05) is 37.1 Å². The predicted octanol–water partition coefficient (Wildman–Crippen LogP) is 3.99. The van der Waals surface area contributed by atoms with E-state index in [4.69, 9.17) is 21.1 Å². The highest BCUT2D eigenvalue weighted by Crippen LogP contribution is 2.34. The highest BCUT2D eigenvalue weighted by atomic mass is 35.5. The molecule has 0 saturated carbocycles. The van der Waals surface area contributed by atoms with E-state index in [0.29, 0.717) is 42.0 Å². The smallest absolute Gasteiger partial charge is 0.242 e. The number of nitrogens with one attached hydrogen (secondary N) is 1. The molecule has 208 valence electrons. The Morgan fingerprint density at radius 2 is 1.74 bits per heavy atom. The van der Waals surface area contributed by atoms with Crippen LogP contribution in [0.5, 0.6) is 11.5 Å². The van der Waals surface area contributed by atoms with E-state index >= 15 is 0 Å². The van der Waals surface area contributed by atoms with Gasteiger partial charge in [0.05, 0.1) is 11.9 Å². The molecule has 11 heteroatoms. The SMILES string of the molecule is CCCCNC(=O)C(C)N(Cc1ccc(Cl)cc1)C(=O)CCCN(c1ccc2c(c1)OCCO2)S(C)(=O)=O. The van der Waals surface area contributed by atoms with Crippen LogP contribution in [0.2, 0.25) is 5.02 Å². The Labute approximate surface area is 230 Å². The molecule has 1 unspecified atom stereocenters. The lowest BCUT2D eigenvalue weighted by atomic mass is 10.1. The highest BCUT2D eigenvalue weighted by molar-refractivity contribution is 7.92. The number of sulfonamides is 1. The molecule has 9 nitrogen and oxygen atoms in total. The number of amides is 2. The first kappa shape index (κ1) is 29.6. The zero-order chi connectivity index (χ0) is 27.7. The summed E-state index contributed by atoms with van der Waals surface area (Å²) in [5.74, 6) is 0.576. The molecule has 0 bridgehead atoms. The lowest BCUT2D eigenvalue weighted by molar-refractivity contribution is -0.140. The van der Waals surface area contributed by atoms with Crippen LogP contribution in [0, 0.1) is 0 Å². The molecule has 0 aromatic heterocycles. The standard InChI is InChI=1S/C27H36ClN3O6S/c1-4-5-14-29-27(33)20(2)30(19-21-8-10-22(28)11-9-21)26(32)7-6-15-31(38(3,34)35)23-12-13-24-25(18-23)37-17-16-36-24/h8-13,18,20H,4-7,14-17,19H2,1-3H3,(H,29,33). The first-order chi connectivity index (χ1) is 18.1. The zero-order valence-corrected chi connectivity index (χ0v) is 23.7. The maximum atomic E-state index is 13.4. The molecule has 2 aromatic carbocycles. The van der Waals surface area contributed by atoms with Crippen LogP contribution < -0.4 is 19.1 Å². The number of halogens is 1. The zero-order valence-electron chi connectivity index (χ0n) is 22.1. The molecule has 38 heavy (non-hydrogen) atoms. The highest BCUT2D eigenvalue weighted by Gasteiger charge is 2.27. The number of carbonyl (C=O) groups excluding carboxylic acids is 2. The summed E-state index contributed by atoms with van der Waals surface area (Å²) in [7, 11) is -3.62. The Kier molecular flexibility index (Phi) is 10.7. The number of rotatable bonds is 13. The van der Waals surface area contributed by atoms with Gasteiger partial charge in [0.2, 0.25) is 21.8 Å². The van der Waals surface area contributed by atoms with Crippen molar-refractivity contribution in [1.29, 1.82) is 0 Å². The van der Waals surface area contributed by atoms with E-state index < -0.39 is 16.1 Å². The summed E-state index contributed by atoms with van der Waals surface area (Å²) in [5, 5.41) is 3.47. The molecule has 0 saturated heterocycles.